The summed E-state index contributed by atoms with van der Waals surface area (Å²) in [6.45, 7) is 3.36. The number of rotatable bonds is 5. The van der Waals surface area contributed by atoms with Crippen LogP contribution < -0.4 is 5.73 Å². The van der Waals surface area contributed by atoms with Crippen molar-refractivity contribution in [1.29, 1.82) is 0 Å². The molecule has 1 fully saturated rings. The number of morpholine rings is 1. The van der Waals surface area contributed by atoms with E-state index in [4.69, 9.17) is 10.5 Å². The summed E-state index contributed by atoms with van der Waals surface area (Å²) in [5.41, 5.74) is 6.34. The molecule has 2 N–H and O–H groups in total. The minimum absolute atomic E-state index is 0.147. The summed E-state index contributed by atoms with van der Waals surface area (Å²) in [4.78, 5) is 18.3. The van der Waals surface area contributed by atoms with Crippen LogP contribution in [0.3, 0.4) is 0 Å². The van der Waals surface area contributed by atoms with E-state index in [1.54, 1.807) is 11.3 Å². The van der Waals surface area contributed by atoms with E-state index in [1.807, 2.05) is 10.3 Å². The van der Waals surface area contributed by atoms with E-state index < -0.39 is 0 Å². The number of aryl methyl sites for hydroxylation is 1. The van der Waals surface area contributed by atoms with Gasteiger partial charge < -0.3 is 15.4 Å². The zero-order valence-electron chi connectivity index (χ0n) is 10.4. The van der Waals surface area contributed by atoms with Gasteiger partial charge >= 0.3 is 0 Å². The molecule has 2 heterocycles. The van der Waals surface area contributed by atoms with Crippen LogP contribution in [0.25, 0.3) is 0 Å². The number of amides is 1. The largest absolute Gasteiger partial charge is 0.378 e. The zero-order valence-corrected chi connectivity index (χ0v) is 11.2. The maximum atomic E-state index is 12.0. The van der Waals surface area contributed by atoms with Gasteiger partial charge in [-0.2, -0.15) is 0 Å². The smallest absolute Gasteiger partial charge is 0.228 e. The third-order valence-corrected chi connectivity index (χ3v) is 3.85. The third kappa shape index (κ3) is 3.76. The van der Waals surface area contributed by atoms with E-state index in [0.29, 0.717) is 39.3 Å². The van der Waals surface area contributed by atoms with Gasteiger partial charge in [-0.05, 0) is 13.0 Å². The quantitative estimate of drug-likeness (QED) is 0.842. The van der Waals surface area contributed by atoms with Crippen LogP contribution in [0, 0.1) is 0 Å². The molecular weight excluding hydrogens is 250 g/mol. The lowest BCUT2D eigenvalue weighted by atomic mass is 10.2. The topological polar surface area (TPSA) is 68.5 Å². The molecule has 0 bridgehead atoms. The van der Waals surface area contributed by atoms with Crippen molar-refractivity contribution >= 4 is 17.2 Å². The molecule has 100 valence electrons. The highest BCUT2D eigenvalue weighted by molar-refractivity contribution is 7.09. The maximum Gasteiger partial charge on any atom is 0.228 e. The Morgan fingerprint density at radius 3 is 3.00 bits per heavy atom. The summed E-state index contributed by atoms with van der Waals surface area (Å²) in [6, 6.07) is 0. The van der Waals surface area contributed by atoms with Crippen molar-refractivity contribution in [1.82, 2.24) is 9.88 Å². The number of hydrogen-bond acceptors (Lipinski definition) is 5. The van der Waals surface area contributed by atoms with Crippen molar-refractivity contribution in [3.8, 4) is 0 Å². The van der Waals surface area contributed by atoms with Crippen molar-refractivity contribution in [3.63, 3.8) is 0 Å². The maximum absolute atomic E-state index is 12.0. The molecule has 1 saturated heterocycles. The summed E-state index contributed by atoms with van der Waals surface area (Å²) in [6.07, 6.45) is 2.26. The molecule has 0 saturated carbocycles. The Balaban J connectivity index is 1.84. The second kappa shape index (κ2) is 6.82. The van der Waals surface area contributed by atoms with Crippen LogP contribution in [0.4, 0.5) is 0 Å². The summed E-state index contributed by atoms with van der Waals surface area (Å²) < 4.78 is 5.23. The van der Waals surface area contributed by atoms with Crippen LogP contribution in [0.2, 0.25) is 0 Å². The molecule has 1 aliphatic rings. The molecule has 0 unspecified atom stereocenters. The number of aromatic nitrogens is 1. The Morgan fingerprint density at radius 1 is 1.50 bits per heavy atom. The van der Waals surface area contributed by atoms with Crippen LogP contribution in [-0.2, 0) is 22.4 Å². The van der Waals surface area contributed by atoms with Gasteiger partial charge in [0.25, 0.3) is 0 Å². The van der Waals surface area contributed by atoms with E-state index >= 15 is 0 Å². The number of nitrogens with zero attached hydrogens (tertiary/aromatic N) is 2. The number of carbonyl (C=O) groups is 1. The molecule has 1 amide bonds. The van der Waals surface area contributed by atoms with Crippen molar-refractivity contribution in [2.75, 3.05) is 32.8 Å². The van der Waals surface area contributed by atoms with Crippen molar-refractivity contribution < 1.29 is 9.53 Å². The molecule has 0 aromatic carbocycles. The summed E-state index contributed by atoms with van der Waals surface area (Å²) in [5.74, 6) is 0.147. The second-order valence-corrected chi connectivity index (χ2v) is 5.24. The van der Waals surface area contributed by atoms with Crippen molar-refractivity contribution in [2.45, 2.75) is 19.3 Å². The number of ether oxygens (including phenoxy) is 1. The van der Waals surface area contributed by atoms with E-state index in [0.717, 1.165) is 23.5 Å². The normalized spacial score (nSPS) is 15.9. The Hall–Kier alpha value is -0.980. The first-order valence-corrected chi connectivity index (χ1v) is 7.16. The van der Waals surface area contributed by atoms with Gasteiger partial charge in [-0.1, -0.05) is 0 Å². The molecular formula is C12H19N3O2S. The average molecular weight is 269 g/mol. The first-order chi connectivity index (χ1) is 8.79. The van der Waals surface area contributed by atoms with Gasteiger partial charge in [0, 0.05) is 24.9 Å². The van der Waals surface area contributed by atoms with Gasteiger partial charge in [0.2, 0.25) is 5.91 Å². The predicted octanol–water partition coefficient (Wildman–Crippen LogP) is 0.436. The molecule has 18 heavy (non-hydrogen) atoms. The molecule has 0 aliphatic carbocycles. The van der Waals surface area contributed by atoms with Crippen LogP contribution in [0.15, 0.2) is 5.38 Å². The van der Waals surface area contributed by atoms with Gasteiger partial charge in [-0.3, -0.25) is 4.79 Å². The second-order valence-electron chi connectivity index (χ2n) is 4.29. The Labute approximate surface area is 111 Å². The highest BCUT2D eigenvalue weighted by Gasteiger charge is 2.18. The van der Waals surface area contributed by atoms with Crippen molar-refractivity contribution in [2.24, 2.45) is 5.73 Å². The fourth-order valence-corrected chi connectivity index (χ4v) is 2.72. The number of thiazole rings is 1. The fraction of sp³-hybridized carbons (Fsp3) is 0.667. The molecule has 0 atom stereocenters. The summed E-state index contributed by atoms with van der Waals surface area (Å²) in [5, 5.41) is 3.05. The van der Waals surface area contributed by atoms with Gasteiger partial charge in [-0.25, -0.2) is 4.98 Å². The standard InChI is InChI=1S/C12H19N3O2S/c13-3-1-2-11-14-10(9-18-11)8-12(16)15-4-6-17-7-5-15/h9H,1-8,13H2. The zero-order chi connectivity index (χ0) is 12.8. The minimum Gasteiger partial charge on any atom is -0.378 e. The number of hydrogen-bond donors (Lipinski definition) is 1. The predicted molar refractivity (Wildman–Crippen MR) is 70.6 cm³/mol. The molecule has 6 heteroatoms. The van der Waals surface area contributed by atoms with E-state index in [9.17, 15) is 4.79 Å². The van der Waals surface area contributed by atoms with Crippen molar-refractivity contribution in [3.05, 3.63) is 16.1 Å². The van der Waals surface area contributed by atoms with E-state index in [2.05, 4.69) is 4.98 Å². The minimum atomic E-state index is 0.147. The van der Waals surface area contributed by atoms with Gasteiger partial charge in [0.1, 0.15) is 0 Å². The van der Waals surface area contributed by atoms with Crippen LogP contribution in [-0.4, -0.2) is 48.6 Å². The van der Waals surface area contributed by atoms with E-state index in [-0.39, 0.29) is 5.91 Å². The number of nitrogens with two attached hydrogens (primary N) is 1. The summed E-state index contributed by atoms with van der Waals surface area (Å²) >= 11 is 1.62. The molecule has 2 rings (SSSR count). The average Bonchev–Trinajstić information content (AvgIpc) is 2.85. The monoisotopic (exact) mass is 269 g/mol. The van der Waals surface area contributed by atoms with E-state index in [1.165, 1.54) is 0 Å². The lowest BCUT2D eigenvalue weighted by Gasteiger charge is -2.26. The fourth-order valence-electron chi connectivity index (χ4n) is 1.88. The molecule has 0 spiro atoms. The Kier molecular flexibility index (Phi) is 5.10. The van der Waals surface area contributed by atoms with Gasteiger partial charge in [0.15, 0.2) is 0 Å². The van der Waals surface area contributed by atoms with Gasteiger partial charge in [-0.15, -0.1) is 11.3 Å². The lowest BCUT2D eigenvalue weighted by Crippen LogP contribution is -2.41. The summed E-state index contributed by atoms with van der Waals surface area (Å²) in [7, 11) is 0. The SMILES string of the molecule is NCCCc1nc(CC(=O)N2CCOCC2)cs1. The van der Waals surface area contributed by atoms with Crippen LogP contribution >= 0.6 is 11.3 Å². The molecule has 0 radical (unpaired) electrons. The Morgan fingerprint density at radius 2 is 2.28 bits per heavy atom. The third-order valence-electron chi connectivity index (χ3n) is 2.89. The highest BCUT2D eigenvalue weighted by atomic mass is 32.1. The van der Waals surface area contributed by atoms with Crippen LogP contribution in [0.5, 0.6) is 0 Å². The first-order valence-electron chi connectivity index (χ1n) is 6.28. The highest BCUT2D eigenvalue weighted by Crippen LogP contribution is 2.13. The lowest BCUT2D eigenvalue weighted by molar-refractivity contribution is -0.134. The molecule has 1 aromatic rings. The number of carbonyl (C=O) groups excluding carboxylic acids is 1. The first kappa shape index (κ1) is 13.5. The molecule has 1 aliphatic heterocycles. The van der Waals surface area contributed by atoms with Gasteiger partial charge in [0.05, 0.1) is 30.3 Å². The molecule has 5 nitrogen and oxygen atoms in total. The molecule has 1 aromatic heterocycles. The Bertz CT molecular complexity index is 388. The van der Waals surface area contributed by atoms with Crippen LogP contribution in [0.1, 0.15) is 17.1 Å².